The largest absolute Gasteiger partial charge is 0.424 e. The minimum absolute atomic E-state index is 0.0521. The van der Waals surface area contributed by atoms with Crippen LogP contribution in [0, 0.1) is 6.92 Å². The first kappa shape index (κ1) is 11.0. The molecular weight excluding hydrogens is 210 g/mol. The van der Waals surface area contributed by atoms with Crippen molar-refractivity contribution < 1.29 is 4.42 Å². The second-order valence-electron chi connectivity index (χ2n) is 4.95. The SMILES string of the molecule is Cc1nnc([C@@H]2NC(C)(C)SC2(C)C)o1. The van der Waals surface area contributed by atoms with E-state index in [1.807, 2.05) is 18.7 Å². The van der Waals surface area contributed by atoms with E-state index < -0.39 is 0 Å². The quantitative estimate of drug-likeness (QED) is 0.797. The maximum atomic E-state index is 5.50. The molecule has 0 amide bonds. The van der Waals surface area contributed by atoms with Crippen molar-refractivity contribution in [3.05, 3.63) is 11.8 Å². The van der Waals surface area contributed by atoms with Gasteiger partial charge in [0, 0.05) is 11.7 Å². The number of hydrogen-bond donors (Lipinski definition) is 1. The predicted octanol–water partition coefficient (Wildman–Crippen LogP) is 2.27. The molecule has 0 spiro atoms. The Labute approximate surface area is 94.2 Å². The summed E-state index contributed by atoms with van der Waals surface area (Å²) in [6.07, 6.45) is 0. The summed E-state index contributed by atoms with van der Waals surface area (Å²) in [6, 6.07) is 0.124. The summed E-state index contributed by atoms with van der Waals surface area (Å²) in [4.78, 5) is 0.0521. The van der Waals surface area contributed by atoms with Crippen LogP contribution in [0.5, 0.6) is 0 Å². The van der Waals surface area contributed by atoms with Gasteiger partial charge >= 0.3 is 0 Å². The fourth-order valence-corrected chi connectivity index (χ4v) is 3.82. The highest BCUT2D eigenvalue weighted by molar-refractivity contribution is 8.02. The summed E-state index contributed by atoms with van der Waals surface area (Å²) >= 11 is 1.90. The molecule has 0 saturated carbocycles. The number of hydrogen-bond acceptors (Lipinski definition) is 5. The van der Waals surface area contributed by atoms with Gasteiger partial charge in [-0.25, -0.2) is 0 Å². The molecule has 0 radical (unpaired) electrons. The molecule has 1 aliphatic rings. The van der Waals surface area contributed by atoms with Crippen LogP contribution in [0.2, 0.25) is 0 Å². The molecule has 84 valence electrons. The molecule has 1 aliphatic heterocycles. The second kappa shape index (κ2) is 3.22. The average Bonchev–Trinajstić information content (AvgIpc) is 2.52. The van der Waals surface area contributed by atoms with Crippen molar-refractivity contribution in [1.29, 1.82) is 0 Å². The van der Waals surface area contributed by atoms with Gasteiger partial charge in [0.2, 0.25) is 11.8 Å². The fraction of sp³-hybridized carbons (Fsp3) is 0.800. The number of nitrogens with one attached hydrogen (secondary N) is 1. The molecule has 5 heteroatoms. The van der Waals surface area contributed by atoms with E-state index in [0.717, 1.165) is 0 Å². The molecule has 15 heavy (non-hydrogen) atoms. The van der Waals surface area contributed by atoms with Gasteiger partial charge in [-0.2, -0.15) is 0 Å². The topological polar surface area (TPSA) is 51.0 Å². The van der Waals surface area contributed by atoms with Gasteiger partial charge in [0.05, 0.1) is 4.87 Å². The number of thioether (sulfide) groups is 1. The Kier molecular flexibility index (Phi) is 2.35. The third-order valence-electron chi connectivity index (χ3n) is 2.49. The minimum Gasteiger partial charge on any atom is -0.424 e. The van der Waals surface area contributed by atoms with Gasteiger partial charge in [0.1, 0.15) is 6.04 Å². The Balaban J connectivity index is 2.30. The maximum Gasteiger partial charge on any atom is 0.234 e. The normalized spacial score (nSPS) is 28.2. The lowest BCUT2D eigenvalue weighted by atomic mass is 10.0. The lowest BCUT2D eigenvalue weighted by molar-refractivity contribution is 0.342. The predicted molar refractivity (Wildman–Crippen MR) is 60.7 cm³/mol. The van der Waals surface area contributed by atoms with Crippen LogP contribution in [0.4, 0.5) is 0 Å². The third-order valence-corrected chi connectivity index (χ3v) is 3.88. The molecule has 0 aliphatic carbocycles. The van der Waals surface area contributed by atoms with Gasteiger partial charge in [-0.15, -0.1) is 22.0 Å². The van der Waals surface area contributed by atoms with Crippen molar-refractivity contribution in [2.24, 2.45) is 0 Å². The zero-order chi connectivity index (χ0) is 11.3. The van der Waals surface area contributed by atoms with Crippen LogP contribution >= 0.6 is 11.8 Å². The van der Waals surface area contributed by atoms with E-state index in [0.29, 0.717) is 11.8 Å². The van der Waals surface area contributed by atoms with Gasteiger partial charge in [0.25, 0.3) is 0 Å². The number of rotatable bonds is 1. The summed E-state index contributed by atoms with van der Waals surface area (Å²) in [5, 5.41) is 11.5. The van der Waals surface area contributed by atoms with Crippen molar-refractivity contribution in [3.63, 3.8) is 0 Å². The maximum absolute atomic E-state index is 5.50. The smallest absolute Gasteiger partial charge is 0.234 e. The van der Waals surface area contributed by atoms with E-state index >= 15 is 0 Å². The Morgan fingerprint density at radius 2 is 1.93 bits per heavy atom. The molecule has 4 nitrogen and oxygen atoms in total. The highest BCUT2D eigenvalue weighted by atomic mass is 32.2. The Morgan fingerprint density at radius 1 is 1.27 bits per heavy atom. The summed E-state index contributed by atoms with van der Waals surface area (Å²) in [6.45, 7) is 10.6. The molecule has 1 aromatic rings. The first-order valence-electron chi connectivity index (χ1n) is 5.08. The lowest BCUT2D eigenvalue weighted by Gasteiger charge is -2.21. The summed E-state index contributed by atoms with van der Waals surface area (Å²) in [7, 11) is 0. The van der Waals surface area contributed by atoms with E-state index in [-0.39, 0.29) is 15.7 Å². The van der Waals surface area contributed by atoms with Gasteiger partial charge in [-0.05, 0) is 27.7 Å². The zero-order valence-corrected chi connectivity index (χ0v) is 10.6. The first-order chi connectivity index (χ1) is 6.80. The van der Waals surface area contributed by atoms with Crippen LogP contribution in [0.3, 0.4) is 0 Å². The van der Waals surface area contributed by atoms with Crippen molar-refractivity contribution in [1.82, 2.24) is 15.5 Å². The van der Waals surface area contributed by atoms with Gasteiger partial charge < -0.3 is 4.42 Å². The molecule has 1 atom stereocenters. The number of aryl methyl sites for hydroxylation is 1. The van der Waals surface area contributed by atoms with Crippen molar-refractivity contribution in [2.75, 3.05) is 0 Å². The van der Waals surface area contributed by atoms with E-state index in [9.17, 15) is 0 Å². The molecule has 1 saturated heterocycles. The first-order valence-corrected chi connectivity index (χ1v) is 5.90. The number of aromatic nitrogens is 2. The molecule has 2 rings (SSSR count). The minimum atomic E-state index is 0.0521. The van der Waals surface area contributed by atoms with Crippen molar-refractivity contribution in [2.45, 2.75) is 50.3 Å². The second-order valence-corrected chi connectivity index (χ2v) is 7.23. The highest BCUT2D eigenvalue weighted by Gasteiger charge is 2.48. The summed E-state index contributed by atoms with van der Waals surface area (Å²) in [5.41, 5.74) is 0. The van der Waals surface area contributed by atoms with E-state index in [1.165, 1.54) is 0 Å². The zero-order valence-electron chi connectivity index (χ0n) is 9.79. The van der Waals surface area contributed by atoms with Gasteiger partial charge in [-0.3, -0.25) is 5.32 Å². The van der Waals surface area contributed by atoms with Crippen molar-refractivity contribution >= 4 is 11.8 Å². The van der Waals surface area contributed by atoms with E-state index in [2.05, 4.69) is 43.2 Å². The standard InChI is InChI=1S/C10H17N3OS/c1-6-12-13-8(14-6)7-9(2,3)15-10(4,5)11-7/h7,11H,1-5H3/t7-/m0/s1. The van der Waals surface area contributed by atoms with Crippen LogP contribution in [-0.4, -0.2) is 19.8 Å². The average molecular weight is 227 g/mol. The monoisotopic (exact) mass is 227 g/mol. The van der Waals surface area contributed by atoms with Gasteiger partial charge in [-0.1, -0.05) is 0 Å². The molecular formula is C10H17N3OS. The molecule has 2 heterocycles. The summed E-state index contributed by atoms with van der Waals surface area (Å²) in [5.74, 6) is 1.31. The third kappa shape index (κ3) is 2.03. The lowest BCUT2D eigenvalue weighted by Crippen LogP contribution is -2.34. The van der Waals surface area contributed by atoms with Crippen LogP contribution in [-0.2, 0) is 0 Å². The fourth-order valence-electron chi connectivity index (χ4n) is 2.06. The van der Waals surface area contributed by atoms with E-state index in [1.54, 1.807) is 0 Å². The molecule has 0 bridgehead atoms. The Bertz CT molecular complexity index is 372. The van der Waals surface area contributed by atoms with Crippen molar-refractivity contribution in [3.8, 4) is 0 Å². The van der Waals surface area contributed by atoms with Crippen LogP contribution < -0.4 is 5.32 Å². The number of nitrogens with zero attached hydrogens (tertiary/aromatic N) is 2. The summed E-state index contributed by atoms with van der Waals surface area (Å²) < 4.78 is 5.57. The van der Waals surface area contributed by atoms with Crippen LogP contribution in [0.1, 0.15) is 45.5 Å². The molecule has 0 aromatic carbocycles. The van der Waals surface area contributed by atoms with Crippen LogP contribution in [0.15, 0.2) is 4.42 Å². The van der Waals surface area contributed by atoms with Gasteiger partial charge in [0.15, 0.2) is 0 Å². The Hall–Kier alpha value is -0.550. The van der Waals surface area contributed by atoms with Crippen LogP contribution in [0.25, 0.3) is 0 Å². The molecule has 1 aromatic heterocycles. The molecule has 1 fully saturated rings. The Morgan fingerprint density at radius 3 is 2.33 bits per heavy atom. The van der Waals surface area contributed by atoms with E-state index in [4.69, 9.17) is 4.42 Å². The molecule has 1 N–H and O–H groups in total. The highest BCUT2D eigenvalue weighted by Crippen LogP contribution is 2.50. The molecule has 0 unspecified atom stereocenters.